The summed E-state index contributed by atoms with van der Waals surface area (Å²) in [6, 6.07) is 1.62. The van der Waals surface area contributed by atoms with Crippen molar-refractivity contribution in [2.45, 2.75) is 13.3 Å². The first-order valence-corrected chi connectivity index (χ1v) is 7.05. The van der Waals surface area contributed by atoms with Crippen LogP contribution < -0.4 is 20.7 Å². The highest BCUT2D eigenvalue weighted by Gasteiger charge is 2.19. The van der Waals surface area contributed by atoms with Crippen LogP contribution in [0.25, 0.3) is 0 Å². The number of hydrogen-bond donors (Lipinski definition) is 2. The highest BCUT2D eigenvalue weighted by Crippen LogP contribution is 2.42. The molecule has 0 fully saturated rings. The van der Waals surface area contributed by atoms with Crippen LogP contribution in [0.5, 0.6) is 11.5 Å². The summed E-state index contributed by atoms with van der Waals surface area (Å²) >= 11 is 12.3. The third-order valence-corrected chi connectivity index (χ3v) is 3.86. The maximum atomic E-state index is 12.0. The third-order valence-electron chi connectivity index (χ3n) is 3.24. The van der Waals surface area contributed by atoms with E-state index in [1.807, 2.05) is 0 Å². The van der Waals surface area contributed by atoms with Crippen LogP contribution in [-0.2, 0) is 6.42 Å². The predicted octanol–water partition coefficient (Wildman–Crippen LogP) is 2.29. The second-order valence-corrected chi connectivity index (χ2v) is 5.37. The summed E-state index contributed by atoms with van der Waals surface area (Å²) in [4.78, 5) is 27.9. The van der Waals surface area contributed by atoms with Crippen molar-refractivity contribution in [2.75, 3.05) is 14.2 Å². The Morgan fingerprint density at radius 1 is 1.09 bits per heavy atom. The number of H-pyrrole nitrogens is 2. The van der Waals surface area contributed by atoms with Crippen LogP contribution >= 0.6 is 23.2 Å². The number of aromatic nitrogens is 2. The molecule has 22 heavy (non-hydrogen) atoms. The van der Waals surface area contributed by atoms with Gasteiger partial charge in [-0.05, 0) is 13.0 Å². The van der Waals surface area contributed by atoms with Gasteiger partial charge in [-0.15, -0.1) is 0 Å². The molecule has 0 unspecified atom stereocenters. The van der Waals surface area contributed by atoms with Crippen LogP contribution in [-0.4, -0.2) is 24.2 Å². The van der Waals surface area contributed by atoms with E-state index >= 15 is 0 Å². The number of aryl methyl sites for hydroxylation is 1. The number of benzene rings is 1. The topological polar surface area (TPSA) is 84.2 Å². The second-order valence-electron chi connectivity index (χ2n) is 4.59. The summed E-state index contributed by atoms with van der Waals surface area (Å²) in [5.41, 5.74) is 0.461. The van der Waals surface area contributed by atoms with Crippen molar-refractivity contribution in [3.8, 4) is 11.5 Å². The Hall–Kier alpha value is -1.92. The molecule has 2 aromatic rings. The van der Waals surface area contributed by atoms with E-state index in [9.17, 15) is 9.59 Å². The molecule has 0 aliphatic carbocycles. The lowest BCUT2D eigenvalue weighted by atomic mass is 10.0. The monoisotopic (exact) mass is 344 g/mol. The average Bonchev–Trinajstić information content (AvgIpc) is 2.43. The Morgan fingerprint density at radius 3 is 2.27 bits per heavy atom. The van der Waals surface area contributed by atoms with Gasteiger partial charge in [0.15, 0.2) is 5.75 Å². The number of ether oxygens (including phenoxy) is 2. The Balaban J connectivity index is 2.60. The molecular formula is C14H14Cl2N2O4. The zero-order valence-corrected chi connectivity index (χ0v) is 13.7. The summed E-state index contributed by atoms with van der Waals surface area (Å²) in [6.45, 7) is 1.64. The summed E-state index contributed by atoms with van der Waals surface area (Å²) < 4.78 is 10.4. The normalized spacial score (nSPS) is 10.6. The number of aromatic amines is 2. The van der Waals surface area contributed by atoms with Gasteiger partial charge < -0.3 is 14.5 Å². The summed E-state index contributed by atoms with van der Waals surface area (Å²) in [5.74, 6) is 0.670. The van der Waals surface area contributed by atoms with Crippen molar-refractivity contribution in [3.05, 3.63) is 53.8 Å². The molecule has 1 aromatic heterocycles. The van der Waals surface area contributed by atoms with Gasteiger partial charge in [0, 0.05) is 23.2 Å². The number of hydrogen-bond acceptors (Lipinski definition) is 4. The molecular weight excluding hydrogens is 331 g/mol. The van der Waals surface area contributed by atoms with Crippen LogP contribution in [0.3, 0.4) is 0 Å². The number of rotatable bonds is 4. The molecule has 1 heterocycles. The fraction of sp³-hybridized carbons (Fsp3) is 0.286. The first kappa shape index (κ1) is 16.5. The highest BCUT2D eigenvalue weighted by molar-refractivity contribution is 6.38. The molecule has 1 aromatic carbocycles. The Morgan fingerprint density at radius 2 is 1.73 bits per heavy atom. The first-order valence-electron chi connectivity index (χ1n) is 6.30. The van der Waals surface area contributed by atoms with Gasteiger partial charge in [0.25, 0.3) is 5.56 Å². The fourth-order valence-corrected chi connectivity index (χ4v) is 2.93. The molecule has 0 spiro atoms. The summed E-state index contributed by atoms with van der Waals surface area (Å²) in [6.07, 6.45) is 0.199. The van der Waals surface area contributed by atoms with Crippen molar-refractivity contribution >= 4 is 23.2 Å². The quantitative estimate of drug-likeness (QED) is 0.891. The van der Waals surface area contributed by atoms with Gasteiger partial charge in [-0.3, -0.25) is 9.78 Å². The lowest BCUT2D eigenvalue weighted by Gasteiger charge is -2.15. The SMILES string of the molecule is COc1c(Cl)cc(Cc2c(C)[nH]c(=O)[nH]c2=O)c(OC)c1Cl. The summed E-state index contributed by atoms with van der Waals surface area (Å²) in [5, 5.41) is 0.535. The highest BCUT2D eigenvalue weighted by atomic mass is 35.5. The smallest absolute Gasteiger partial charge is 0.325 e. The molecule has 118 valence electrons. The van der Waals surface area contributed by atoms with Gasteiger partial charge in [0.05, 0.1) is 19.2 Å². The molecule has 2 rings (SSSR count). The molecule has 0 radical (unpaired) electrons. The summed E-state index contributed by atoms with van der Waals surface area (Å²) in [7, 11) is 2.91. The lowest BCUT2D eigenvalue weighted by molar-refractivity contribution is 0.392. The number of nitrogens with one attached hydrogen (secondary N) is 2. The van der Waals surface area contributed by atoms with Crippen molar-refractivity contribution in [2.24, 2.45) is 0 Å². The minimum atomic E-state index is -0.552. The van der Waals surface area contributed by atoms with Crippen LogP contribution in [0.1, 0.15) is 16.8 Å². The predicted molar refractivity (Wildman–Crippen MR) is 84.8 cm³/mol. The molecule has 0 atom stereocenters. The first-order chi connectivity index (χ1) is 10.4. The van der Waals surface area contributed by atoms with Gasteiger partial charge in [-0.1, -0.05) is 23.2 Å². The molecule has 8 heteroatoms. The maximum Gasteiger partial charge on any atom is 0.325 e. The zero-order valence-electron chi connectivity index (χ0n) is 12.2. The lowest BCUT2D eigenvalue weighted by Crippen LogP contribution is -2.27. The molecule has 0 aliphatic heterocycles. The van der Waals surface area contributed by atoms with Crippen LogP contribution in [0, 0.1) is 6.92 Å². The van der Waals surface area contributed by atoms with Crippen molar-refractivity contribution in [1.82, 2.24) is 9.97 Å². The molecule has 0 saturated heterocycles. The van der Waals surface area contributed by atoms with E-state index in [0.29, 0.717) is 33.3 Å². The molecule has 0 bridgehead atoms. The maximum absolute atomic E-state index is 12.0. The largest absolute Gasteiger partial charge is 0.495 e. The van der Waals surface area contributed by atoms with Crippen molar-refractivity contribution in [1.29, 1.82) is 0 Å². The molecule has 0 amide bonds. The van der Waals surface area contributed by atoms with Crippen LogP contribution in [0.15, 0.2) is 15.7 Å². The van der Waals surface area contributed by atoms with E-state index in [1.165, 1.54) is 14.2 Å². The molecule has 0 saturated carbocycles. The number of methoxy groups -OCH3 is 2. The standard InChI is InChI=1S/C14H14Cl2N2O4/c1-6-8(13(19)18-14(20)17-6)4-7-5-9(15)12(22-3)10(16)11(7)21-2/h5H,4H2,1-3H3,(H2,17,18,19,20). The van der Waals surface area contributed by atoms with Gasteiger partial charge in [0.2, 0.25) is 0 Å². The zero-order chi connectivity index (χ0) is 16.4. The Labute approximate surface area is 136 Å². The third kappa shape index (κ3) is 2.98. The van der Waals surface area contributed by atoms with Crippen LogP contribution in [0.4, 0.5) is 0 Å². The van der Waals surface area contributed by atoms with Gasteiger partial charge in [0.1, 0.15) is 10.8 Å². The van der Waals surface area contributed by atoms with Gasteiger partial charge in [-0.25, -0.2) is 4.79 Å². The van der Waals surface area contributed by atoms with Crippen molar-refractivity contribution in [3.63, 3.8) is 0 Å². The van der Waals surface area contributed by atoms with E-state index in [0.717, 1.165) is 0 Å². The van der Waals surface area contributed by atoms with E-state index in [1.54, 1.807) is 13.0 Å². The van der Waals surface area contributed by atoms with E-state index in [4.69, 9.17) is 32.7 Å². The van der Waals surface area contributed by atoms with Crippen LogP contribution in [0.2, 0.25) is 10.0 Å². The minimum absolute atomic E-state index is 0.199. The fourth-order valence-electron chi connectivity index (χ4n) is 2.20. The van der Waals surface area contributed by atoms with E-state index in [2.05, 4.69) is 9.97 Å². The van der Waals surface area contributed by atoms with E-state index < -0.39 is 11.2 Å². The van der Waals surface area contributed by atoms with Gasteiger partial charge in [-0.2, -0.15) is 0 Å². The van der Waals surface area contributed by atoms with Gasteiger partial charge >= 0.3 is 5.69 Å². The van der Waals surface area contributed by atoms with E-state index in [-0.39, 0.29) is 11.4 Å². The molecule has 2 N–H and O–H groups in total. The van der Waals surface area contributed by atoms with Crippen molar-refractivity contribution < 1.29 is 9.47 Å². The number of halogens is 2. The Bertz CT molecular complexity index is 827. The molecule has 0 aliphatic rings. The molecule has 6 nitrogen and oxygen atoms in total. The minimum Gasteiger partial charge on any atom is -0.495 e. The average molecular weight is 345 g/mol. The Kier molecular flexibility index (Phi) is 4.83. The second kappa shape index (κ2) is 6.46.